The molecule has 5 nitrogen and oxygen atoms in total. The molecule has 1 amide bonds. The van der Waals surface area contributed by atoms with Crippen molar-refractivity contribution in [2.75, 3.05) is 13.1 Å². The van der Waals surface area contributed by atoms with Gasteiger partial charge in [0.1, 0.15) is 0 Å². The maximum Gasteiger partial charge on any atom is 0.240 e. The molecule has 0 radical (unpaired) electrons. The zero-order chi connectivity index (χ0) is 14.8. The lowest BCUT2D eigenvalue weighted by molar-refractivity contribution is -0.122. The van der Waals surface area contributed by atoms with E-state index in [2.05, 4.69) is 10.0 Å². The first-order valence-electron chi connectivity index (χ1n) is 6.12. The summed E-state index contributed by atoms with van der Waals surface area (Å²) in [5, 5.41) is 3.17. The number of sulfonamides is 1. The normalized spacial score (nSPS) is 15.1. The molecule has 0 spiro atoms. The highest BCUT2D eigenvalue weighted by atomic mass is 35.5. The van der Waals surface area contributed by atoms with Gasteiger partial charge in [-0.1, -0.05) is 23.2 Å². The second kappa shape index (κ2) is 6.30. The molecular formula is C12H14Cl2N2O3S. The Labute approximate surface area is 127 Å². The highest BCUT2D eigenvalue weighted by Crippen LogP contribution is 2.28. The minimum absolute atomic E-state index is 0.00326. The van der Waals surface area contributed by atoms with Crippen LogP contribution in [0.3, 0.4) is 0 Å². The fraction of sp³-hybridized carbons (Fsp3) is 0.417. The lowest BCUT2D eigenvalue weighted by Gasteiger charge is -2.08. The van der Waals surface area contributed by atoms with Crippen molar-refractivity contribution < 1.29 is 13.2 Å². The van der Waals surface area contributed by atoms with Crippen LogP contribution in [0.15, 0.2) is 23.1 Å². The Balaban J connectivity index is 1.88. The number of hydrogen-bond acceptors (Lipinski definition) is 3. The van der Waals surface area contributed by atoms with Crippen molar-refractivity contribution >= 4 is 39.1 Å². The number of carbonyl (C=O) groups is 1. The van der Waals surface area contributed by atoms with E-state index in [1.807, 2.05) is 0 Å². The van der Waals surface area contributed by atoms with Gasteiger partial charge >= 0.3 is 0 Å². The monoisotopic (exact) mass is 336 g/mol. The average molecular weight is 337 g/mol. The zero-order valence-corrected chi connectivity index (χ0v) is 12.9. The first kappa shape index (κ1) is 15.6. The molecule has 0 unspecified atom stereocenters. The van der Waals surface area contributed by atoms with E-state index < -0.39 is 10.0 Å². The van der Waals surface area contributed by atoms with Crippen molar-refractivity contribution in [3.63, 3.8) is 0 Å². The SMILES string of the molecule is O=C(NCCNS(=O)(=O)c1cc(Cl)cc(Cl)c1)C1CC1. The van der Waals surface area contributed by atoms with Gasteiger partial charge < -0.3 is 5.32 Å². The Morgan fingerprint density at radius 2 is 1.75 bits per heavy atom. The number of hydrogen-bond donors (Lipinski definition) is 2. The van der Waals surface area contributed by atoms with Crippen LogP contribution in [-0.2, 0) is 14.8 Å². The van der Waals surface area contributed by atoms with Crippen molar-refractivity contribution in [3.05, 3.63) is 28.2 Å². The molecule has 0 heterocycles. The molecule has 0 saturated heterocycles. The van der Waals surface area contributed by atoms with Gasteiger partial charge in [-0.05, 0) is 31.0 Å². The first-order chi connectivity index (χ1) is 9.38. The Bertz CT molecular complexity index is 595. The fourth-order valence-electron chi connectivity index (χ4n) is 1.63. The van der Waals surface area contributed by atoms with Crippen LogP contribution in [0.4, 0.5) is 0 Å². The van der Waals surface area contributed by atoms with Gasteiger partial charge in [0.15, 0.2) is 0 Å². The van der Waals surface area contributed by atoms with Crippen LogP contribution in [0.5, 0.6) is 0 Å². The number of rotatable bonds is 6. The largest absolute Gasteiger partial charge is 0.355 e. The van der Waals surface area contributed by atoms with Crippen LogP contribution in [0.1, 0.15) is 12.8 Å². The number of amides is 1. The minimum Gasteiger partial charge on any atom is -0.355 e. The molecule has 1 aliphatic carbocycles. The zero-order valence-electron chi connectivity index (χ0n) is 10.5. The molecule has 2 rings (SSSR count). The second-order valence-corrected chi connectivity index (χ2v) is 7.21. The molecule has 1 aromatic carbocycles. The predicted molar refractivity (Wildman–Crippen MR) is 77.4 cm³/mol. The second-order valence-electron chi connectivity index (χ2n) is 4.57. The minimum atomic E-state index is -3.68. The number of nitrogens with one attached hydrogen (secondary N) is 2. The summed E-state index contributed by atoms with van der Waals surface area (Å²) in [5.41, 5.74) is 0. The lowest BCUT2D eigenvalue weighted by atomic mass is 10.4. The predicted octanol–water partition coefficient (Wildman–Crippen LogP) is 1.80. The van der Waals surface area contributed by atoms with Crippen molar-refractivity contribution in [2.24, 2.45) is 5.92 Å². The van der Waals surface area contributed by atoms with Gasteiger partial charge in [-0.3, -0.25) is 4.79 Å². The molecule has 20 heavy (non-hydrogen) atoms. The average Bonchev–Trinajstić information content (AvgIpc) is 3.17. The number of benzene rings is 1. The summed E-state index contributed by atoms with van der Waals surface area (Å²) in [6.07, 6.45) is 1.83. The smallest absolute Gasteiger partial charge is 0.240 e. The third kappa shape index (κ3) is 4.34. The van der Waals surface area contributed by atoms with Gasteiger partial charge in [0.2, 0.25) is 15.9 Å². The van der Waals surface area contributed by atoms with Crippen LogP contribution < -0.4 is 10.0 Å². The Morgan fingerprint density at radius 1 is 1.15 bits per heavy atom. The molecule has 1 saturated carbocycles. The van der Waals surface area contributed by atoms with Crippen LogP contribution in [0.2, 0.25) is 10.0 Å². The lowest BCUT2D eigenvalue weighted by Crippen LogP contribution is -2.35. The van der Waals surface area contributed by atoms with E-state index in [0.717, 1.165) is 12.8 Å². The molecule has 1 fully saturated rings. The molecule has 2 N–H and O–H groups in total. The molecular weight excluding hydrogens is 323 g/mol. The molecule has 0 bridgehead atoms. The van der Waals surface area contributed by atoms with E-state index in [0.29, 0.717) is 0 Å². The summed E-state index contributed by atoms with van der Waals surface area (Å²) >= 11 is 11.5. The number of carbonyl (C=O) groups excluding carboxylic acids is 1. The van der Waals surface area contributed by atoms with E-state index in [-0.39, 0.29) is 39.9 Å². The van der Waals surface area contributed by atoms with E-state index >= 15 is 0 Å². The Hall–Kier alpha value is -0.820. The third-order valence-corrected chi connectivity index (χ3v) is 4.69. The van der Waals surface area contributed by atoms with E-state index in [4.69, 9.17) is 23.2 Å². The third-order valence-electron chi connectivity index (χ3n) is 2.81. The maximum atomic E-state index is 12.0. The van der Waals surface area contributed by atoms with Crippen molar-refractivity contribution in [1.29, 1.82) is 0 Å². The van der Waals surface area contributed by atoms with E-state index in [1.165, 1.54) is 18.2 Å². The summed E-state index contributed by atoms with van der Waals surface area (Å²) < 4.78 is 26.4. The van der Waals surface area contributed by atoms with Gasteiger partial charge in [-0.2, -0.15) is 0 Å². The first-order valence-corrected chi connectivity index (χ1v) is 8.36. The van der Waals surface area contributed by atoms with Crippen LogP contribution >= 0.6 is 23.2 Å². The van der Waals surface area contributed by atoms with Crippen molar-refractivity contribution in [2.45, 2.75) is 17.7 Å². The van der Waals surface area contributed by atoms with Gasteiger partial charge in [-0.15, -0.1) is 0 Å². The molecule has 8 heteroatoms. The summed E-state index contributed by atoms with van der Waals surface area (Å²) in [6.45, 7) is 0.369. The van der Waals surface area contributed by atoms with E-state index in [1.54, 1.807) is 0 Å². The summed E-state index contributed by atoms with van der Waals surface area (Å²) in [5.74, 6) is 0.0911. The molecule has 1 aliphatic rings. The van der Waals surface area contributed by atoms with Gasteiger partial charge in [0, 0.05) is 29.1 Å². The fourth-order valence-corrected chi connectivity index (χ4v) is 3.39. The van der Waals surface area contributed by atoms with Crippen LogP contribution in [0, 0.1) is 5.92 Å². The molecule has 0 atom stereocenters. The quantitative estimate of drug-likeness (QED) is 0.777. The van der Waals surface area contributed by atoms with Crippen LogP contribution in [-0.4, -0.2) is 27.4 Å². The molecule has 0 aliphatic heterocycles. The maximum absolute atomic E-state index is 12.0. The molecule has 110 valence electrons. The topological polar surface area (TPSA) is 75.3 Å². The summed E-state index contributed by atoms with van der Waals surface area (Å²) in [4.78, 5) is 11.4. The van der Waals surface area contributed by atoms with Gasteiger partial charge in [0.25, 0.3) is 0 Å². The van der Waals surface area contributed by atoms with Crippen molar-refractivity contribution in [1.82, 2.24) is 10.0 Å². The molecule has 1 aromatic rings. The highest BCUT2D eigenvalue weighted by molar-refractivity contribution is 7.89. The van der Waals surface area contributed by atoms with Gasteiger partial charge in [0.05, 0.1) is 4.90 Å². The number of halogens is 2. The standard InChI is InChI=1S/C12H14Cl2N2O3S/c13-9-5-10(14)7-11(6-9)20(18,19)16-4-3-15-12(17)8-1-2-8/h5-8,16H,1-4H2,(H,15,17). The molecule has 0 aromatic heterocycles. The summed E-state index contributed by atoms with van der Waals surface area (Å²) in [7, 11) is -3.68. The Morgan fingerprint density at radius 3 is 2.30 bits per heavy atom. The summed E-state index contributed by atoms with van der Waals surface area (Å²) in [6, 6.07) is 4.09. The van der Waals surface area contributed by atoms with Crippen LogP contribution in [0.25, 0.3) is 0 Å². The highest BCUT2D eigenvalue weighted by Gasteiger charge is 2.29. The Kier molecular flexibility index (Phi) is 4.90. The van der Waals surface area contributed by atoms with Crippen molar-refractivity contribution in [3.8, 4) is 0 Å². The van der Waals surface area contributed by atoms with Gasteiger partial charge in [-0.25, -0.2) is 13.1 Å². The van der Waals surface area contributed by atoms with E-state index in [9.17, 15) is 13.2 Å².